The zero-order chi connectivity index (χ0) is 12.8. The molecule has 1 saturated carbocycles. The van der Waals surface area contributed by atoms with Gasteiger partial charge in [-0.2, -0.15) is 0 Å². The van der Waals surface area contributed by atoms with Crippen LogP contribution in [0.25, 0.3) is 0 Å². The first-order valence-electron chi connectivity index (χ1n) is 5.88. The molecular formula is C13H18O4. The molecule has 1 rings (SSSR count). The van der Waals surface area contributed by atoms with E-state index in [0.29, 0.717) is 0 Å². The van der Waals surface area contributed by atoms with Crippen LogP contribution in [-0.2, 0) is 9.59 Å². The molecule has 0 aromatic carbocycles. The van der Waals surface area contributed by atoms with E-state index in [9.17, 15) is 14.7 Å². The molecule has 0 bridgehead atoms. The molecule has 0 radical (unpaired) electrons. The van der Waals surface area contributed by atoms with Crippen molar-refractivity contribution in [2.45, 2.75) is 38.5 Å². The lowest BCUT2D eigenvalue weighted by molar-refractivity contribution is -0.136. The van der Waals surface area contributed by atoms with Gasteiger partial charge >= 0.3 is 11.9 Å². The molecule has 0 spiro atoms. The van der Waals surface area contributed by atoms with E-state index in [4.69, 9.17) is 5.11 Å². The van der Waals surface area contributed by atoms with E-state index < -0.39 is 11.9 Å². The Balaban J connectivity index is 3.09. The minimum Gasteiger partial charge on any atom is -0.478 e. The summed E-state index contributed by atoms with van der Waals surface area (Å²) >= 11 is 0. The molecule has 0 atom stereocenters. The number of rotatable bonds is 5. The Morgan fingerprint density at radius 1 is 1.12 bits per heavy atom. The number of hydrogen-bond donors (Lipinski definition) is 2. The maximum atomic E-state index is 11.3. The molecule has 0 heterocycles. The average molecular weight is 238 g/mol. The van der Waals surface area contributed by atoms with Crippen molar-refractivity contribution < 1.29 is 19.8 Å². The van der Waals surface area contributed by atoms with Crippen LogP contribution in [0.5, 0.6) is 0 Å². The van der Waals surface area contributed by atoms with Crippen LogP contribution in [0.3, 0.4) is 0 Å². The first kappa shape index (κ1) is 13.5. The monoisotopic (exact) mass is 238 g/mol. The fourth-order valence-electron chi connectivity index (χ4n) is 2.40. The van der Waals surface area contributed by atoms with Crippen molar-refractivity contribution in [2.24, 2.45) is 5.92 Å². The van der Waals surface area contributed by atoms with Crippen LogP contribution >= 0.6 is 0 Å². The van der Waals surface area contributed by atoms with Crippen molar-refractivity contribution in [1.29, 1.82) is 0 Å². The Labute approximate surface area is 101 Å². The predicted octanol–water partition coefficient (Wildman–Crippen LogP) is 2.61. The standard InChI is InChI=1S/C13H18O4/c1-2-6-10(12(14)15)11(13(16)17)9-7-4-3-5-8-9/h2,9H,1,3-8H2,(H,14,15)(H,16,17)/b11-10+. The fraction of sp³-hybridized carbons (Fsp3) is 0.538. The minimum atomic E-state index is -1.15. The summed E-state index contributed by atoms with van der Waals surface area (Å²) in [6.07, 6.45) is 6.14. The smallest absolute Gasteiger partial charge is 0.332 e. The van der Waals surface area contributed by atoms with Gasteiger partial charge in [0.05, 0.1) is 11.1 Å². The third-order valence-corrected chi connectivity index (χ3v) is 3.18. The second kappa shape index (κ2) is 6.23. The molecule has 0 aliphatic heterocycles. The van der Waals surface area contributed by atoms with Gasteiger partial charge in [0.1, 0.15) is 0 Å². The molecule has 4 nitrogen and oxygen atoms in total. The number of carboxylic acid groups (broad SMARTS) is 2. The topological polar surface area (TPSA) is 74.6 Å². The molecular weight excluding hydrogens is 220 g/mol. The highest BCUT2D eigenvalue weighted by atomic mass is 16.4. The normalized spacial score (nSPS) is 18.4. The van der Waals surface area contributed by atoms with Crippen LogP contribution in [0.1, 0.15) is 38.5 Å². The third-order valence-electron chi connectivity index (χ3n) is 3.18. The molecule has 0 aromatic heterocycles. The Morgan fingerprint density at radius 2 is 1.71 bits per heavy atom. The Morgan fingerprint density at radius 3 is 2.12 bits per heavy atom. The summed E-state index contributed by atoms with van der Waals surface area (Å²) in [7, 11) is 0. The lowest BCUT2D eigenvalue weighted by atomic mass is 9.81. The van der Waals surface area contributed by atoms with Gasteiger partial charge in [-0.25, -0.2) is 9.59 Å². The summed E-state index contributed by atoms with van der Waals surface area (Å²) in [5.74, 6) is -2.36. The molecule has 17 heavy (non-hydrogen) atoms. The molecule has 2 N–H and O–H groups in total. The molecule has 4 heteroatoms. The van der Waals surface area contributed by atoms with E-state index in [-0.39, 0.29) is 23.5 Å². The number of hydrogen-bond acceptors (Lipinski definition) is 2. The molecule has 1 aliphatic carbocycles. The van der Waals surface area contributed by atoms with Crippen molar-refractivity contribution in [3.05, 3.63) is 23.8 Å². The van der Waals surface area contributed by atoms with Gasteiger partial charge in [0.25, 0.3) is 0 Å². The molecule has 0 amide bonds. The van der Waals surface area contributed by atoms with Gasteiger partial charge in [0, 0.05) is 0 Å². The van der Waals surface area contributed by atoms with Crippen LogP contribution in [-0.4, -0.2) is 22.2 Å². The van der Waals surface area contributed by atoms with E-state index >= 15 is 0 Å². The molecule has 0 saturated heterocycles. The third kappa shape index (κ3) is 3.44. The van der Waals surface area contributed by atoms with Gasteiger partial charge in [-0.05, 0) is 25.2 Å². The summed E-state index contributed by atoms with van der Waals surface area (Å²) in [4.78, 5) is 22.4. The van der Waals surface area contributed by atoms with Crippen LogP contribution in [0, 0.1) is 5.92 Å². The van der Waals surface area contributed by atoms with Gasteiger partial charge in [0.2, 0.25) is 0 Å². The number of carboxylic acids is 2. The van der Waals surface area contributed by atoms with E-state index in [2.05, 4.69) is 6.58 Å². The molecule has 0 aromatic rings. The number of aliphatic carboxylic acids is 2. The fourth-order valence-corrected chi connectivity index (χ4v) is 2.40. The maximum Gasteiger partial charge on any atom is 0.332 e. The van der Waals surface area contributed by atoms with Gasteiger partial charge in [-0.15, -0.1) is 6.58 Å². The number of allylic oxidation sites excluding steroid dienone is 1. The predicted molar refractivity (Wildman–Crippen MR) is 63.7 cm³/mol. The van der Waals surface area contributed by atoms with Crippen LogP contribution < -0.4 is 0 Å². The lowest BCUT2D eigenvalue weighted by Crippen LogP contribution is -2.20. The zero-order valence-corrected chi connectivity index (χ0v) is 9.82. The van der Waals surface area contributed by atoms with Crippen molar-refractivity contribution in [3.63, 3.8) is 0 Å². The second-order valence-electron chi connectivity index (χ2n) is 4.33. The summed E-state index contributed by atoms with van der Waals surface area (Å²) in [6.45, 7) is 3.48. The summed E-state index contributed by atoms with van der Waals surface area (Å²) < 4.78 is 0. The Kier molecular flexibility index (Phi) is 4.94. The first-order valence-corrected chi connectivity index (χ1v) is 5.88. The zero-order valence-electron chi connectivity index (χ0n) is 9.82. The minimum absolute atomic E-state index is 0.0144. The van der Waals surface area contributed by atoms with E-state index in [1.807, 2.05) is 0 Å². The molecule has 94 valence electrons. The SMILES string of the molecule is C=CC/C(C(=O)O)=C(\C(=O)O)C1CCCCC1. The second-order valence-corrected chi connectivity index (χ2v) is 4.33. The van der Waals surface area contributed by atoms with E-state index in [0.717, 1.165) is 32.1 Å². The summed E-state index contributed by atoms with van der Waals surface area (Å²) in [6, 6.07) is 0. The van der Waals surface area contributed by atoms with Gasteiger partial charge in [-0.3, -0.25) is 0 Å². The maximum absolute atomic E-state index is 11.3. The van der Waals surface area contributed by atoms with Crippen molar-refractivity contribution >= 4 is 11.9 Å². The highest BCUT2D eigenvalue weighted by Gasteiger charge is 2.28. The van der Waals surface area contributed by atoms with Gasteiger partial charge in [-0.1, -0.05) is 25.3 Å². The largest absolute Gasteiger partial charge is 0.478 e. The van der Waals surface area contributed by atoms with E-state index in [1.165, 1.54) is 6.08 Å². The van der Waals surface area contributed by atoms with Gasteiger partial charge < -0.3 is 10.2 Å². The van der Waals surface area contributed by atoms with Crippen molar-refractivity contribution in [2.75, 3.05) is 0 Å². The lowest BCUT2D eigenvalue weighted by Gasteiger charge is -2.23. The summed E-state index contributed by atoms with van der Waals surface area (Å²) in [5, 5.41) is 18.3. The quantitative estimate of drug-likeness (QED) is 0.570. The highest BCUT2D eigenvalue weighted by Crippen LogP contribution is 2.32. The number of carbonyl (C=O) groups is 2. The highest BCUT2D eigenvalue weighted by molar-refractivity contribution is 5.99. The first-order chi connectivity index (χ1) is 8.07. The molecule has 0 unspecified atom stereocenters. The van der Waals surface area contributed by atoms with E-state index in [1.54, 1.807) is 0 Å². The van der Waals surface area contributed by atoms with Crippen molar-refractivity contribution in [3.8, 4) is 0 Å². The molecule has 1 aliphatic rings. The van der Waals surface area contributed by atoms with Crippen molar-refractivity contribution in [1.82, 2.24) is 0 Å². The van der Waals surface area contributed by atoms with Gasteiger partial charge in [0.15, 0.2) is 0 Å². The Hall–Kier alpha value is -1.58. The summed E-state index contributed by atoms with van der Waals surface area (Å²) in [5.41, 5.74) is 0.0662. The van der Waals surface area contributed by atoms with Crippen LogP contribution in [0.4, 0.5) is 0 Å². The van der Waals surface area contributed by atoms with Crippen LogP contribution in [0.2, 0.25) is 0 Å². The Bertz CT molecular complexity index is 348. The molecule has 1 fully saturated rings. The van der Waals surface area contributed by atoms with Crippen LogP contribution in [0.15, 0.2) is 23.8 Å². The average Bonchev–Trinajstić information content (AvgIpc) is 2.29.